The van der Waals surface area contributed by atoms with Crippen LogP contribution in [-0.2, 0) is 11.2 Å². The average molecular weight is 242 g/mol. The molecule has 6 heteroatoms. The van der Waals surface area contributed by atoms with E-state index in [1.807, 2.05) is 6.92 Å². The van der Waals surface area contributed by atoms with E-state index in [-0.39, 0.29) is 12.5 Å². The summed E-state index contributed by atoms with van der Waals surface area (Å²) in [5.41, 5.74) is 0. The van der Waals surface area contributed by atoms with E-state index in [1.54, 1.807) is 6.92 Å². The van der Waals surface area contributed by atoms with Crippen LogP contribution in [-0.4, -0.2) is 40.0 Å². The van der Waals surface area contributed by atoms with Crippen molar-refractivity contribution in [2.75, 3.05) is 13.1 Å². The SMILES string of the molecule is CCc1ncc(C(=O)N(CC)CC(=O)O)s1. The summed E-state index contributed by atoms with van der Waals surface area (Å²) in [6.07, 6.45) is 2.29. The van der Waals surface area contributed by atoms with Crippen molar-refractivity contribution >= 4 is 23.2 Å². The molecule has 0 aromatic carbocycles. The van der Waals surface area contributed by atoms with Gasteiger partial charge in [0.2, 0.25) is 0 Å². The highest BCUT2D eigenvalue weighted by Crippen LogP contribution is 2.15. The number of carboxylic acids is 1. The molecule has 0 bridgehead atoms. The number of amides is 1. The Balaban J connectivity index is 2.78. The Labute approximate surface area is 97.7 Å². The predicted molar refractivity (Wildman–Crippen MR) is 60.7 cm³/mol. The Morgan fingerprint density at radius 3 is 2.62 bits per heavy atom. The second-order valence-electron chi connectivity index (χ2n) is 3.18. The number of aromatic nitrogens is 1. The van der Waals surface area contributed by atoms with Crippen LogP contribution in [0.25, 0.3) is 0 Å². The lowest BCUT2D eigenvalue weighted by Gasteiger charge is -2.16. The average Bonchev–Trinajstić information content (AvgIpc) is 2.73. The van der Waals surface area contributed by atoms with Gasteiger partial charge >= 0.3 is 5.97 Å². The first-order valence-corrected chi connectivity index (χ1v) is 5.85. The monoisotopic (exact) mass is 242 g/mol. The smallest absolute Gasteiger partial charge is 0.323 e. The number of aryl methyl sites for hydroxylation is 1. The molecule has 0 atom stereocenters. The summed E-state index contributed by atoms with van der Waals surface area (Å²) in [6.45, 7) is 3.82. The third-order valence-corrected chi connectivity index (χ3v) is 3.19. The molecule has 5 nitrogen and oxygen atoms in total. The summed E-state index contributed by atoms with van der Waals surface area (Å²) >= 11 is 1.32. The van der Waals surface area contributed by atoms with E-state index in [0.29, 0.717) is 11.4 Å². The van der Waals surface area contributed by atoms with Gasteiger partial charge in [0, 0.05) is 6.54 Å². The molecular weight excluding hydrogens is 228 g/mol. The number of aliphatic carboxylic acids is 1. The van der Waals surface area contributed by atoms with Crippen LogP contribution in [0.15, 0.2) is 6.20 Å². The summed E-state index contributed by atoms with van der Waals surface area (Å²) in [5, 5.41) is 9.54. The van der Waals surface area contributed by atoms with Gasteiger partial charge in [-0.15, -0.1) is 11.3 Å². The van der Waals surface area contributed by atoms with E-state index >= 15 is 0 Å². The first-order valence-electron chi connectivity index (χ1n) is 5.04. The zero-order chi connectivity index (χ0) is 12.1. The molecule has 1 aromatic rings. The number of likely N-dealkylation sites (N-methyl/N-ethyl adjacent to an activating group) is 1. The van der Waals surface area contributed by atoms with Gasteiger partial charge in [0.1, 0.15) is 11.4 Å². The molecule has 0 saturated carbocycles. The van der Waals surface area contributed by atoms with Gasteiger partial charge < -0.3 is 10.0 Å². The second kappa shape index (κ2) is 5.60. The van der Waals surface area contributed by atoms with Crippen LogP contribution in [0.2, 0.25) is 0 Å². The number of carboxylic acid groups (broad SMARTS) is 1. The summed E-state index contributed by atoms with van der Waals surface area (Å²) < 4.78 is 0. The van der Waals surface area contributed by atoms with E-state index < -0.39 is 5.97 Å². The highest BCUT2D eigenvalue weighted by atomic mass is 32.1. The molecule has 0 aliphatic heterocycles. The quantitative estimate of drug-likeness (QED) is 0.843. The lowest BCUT2D eigenvalue weighted by molar-refractivity contribution is -0.137. The van der Waals surface area contributed by atoms with Crippen LogP contribution < -0.4 is 0 Å². The number of carbonyl (C=O) groups is 2. The standard InChI is InChI=1S/C10H14N2O3S/c1-3-8-11-5-7(16-8)10(15)12(4-2)6-9(13)14/h5H,3-4,6H2,1-2H3,(H,13,14). The Bertz CT molecular complexity index is 389. The van der Waals surface area contributed by atoms with Gasteiger partial charge in [-0.05, 0) is 13.3 Å². The van der Waals surface area contributed by atoms with Crippen LogP contribution in [0.4, 0.5) is 0 Å². The van der Waals surface area contributed by atoms with Gasteiger partial charge in [-0.1, -0.05) is 6.92 Å². The molecule has 0 radical (unpaired) electrons. The molecule has 0 unspecified atom stereocenters. The molecule has 0 fully saturated rings. The third-order valence-electron chi connectivity index (χ3n) is 2.06. The fourth-order valence-electron chi connectivity index (χ4n) is 1.22. The van der Waals surface area contributed by atoms with Gasteiger partial charge in [-0.25, -0.2) is 4.98 Å². The molecule has 1 rings (SSSR count). The number of hydrogen-bond donors (Lipinski definition) is 1. The van der Waals surface area contributed by atoms with Crippen LogP contribution in [0.5, 0.6) is 0 Å². The van der Waals surface area contributed by atoms with Gasteiger partial charge in [0.15, 0.2) is 0 Å². The molecule has 0 spiro atoms. The number of nitrogens with zero attached hydrogens (tertiary/aromatic N) is 2. The Kier molecular flexibility index (Phi) is 4.42. The first kappa shape index (κ1) is 12.6. The zero-order valence-electron chi connectivity index (χ0n) is 9.27. The van der Waals surface area contributed by atoms with Gasteiger partial charge in [-0.2, -0.15) is 0 Å². The molecule has 1 aromatic heterocycles. The molecule has 1 heterocycles. The van der Waals surface area contributed by atoms with E-state index in [1.165, 1.54) is 22.4 Å². The van der Waals surface area contributed by atoms with Crippen LogP contribution in [0.3, 0.4) is 0 Å². The van der Waals surface area contributed by atoms with Crippen molar-refractivity contribution in [3.05, 3.63) is 16.1 Å². The molecule has 88 valence electrons. The Morgan fingerprint density at radius 1 is 1.50 bits per heavy atom. The summed E-state index contributed by atoms with van der Waals surface area (Å²) in [7, 11) is 0. The molecule has 0 saturated heterocycles. The maximum absolute atomic E-state index is 11.9. The molecule has 1 amide bonds. The lowest BCUT2D eigenvalue weighted by atomic mass is 10.4. The van der Waals surface area contributed by atoms with Crippen molar-refractivity contribution in [1.82, 2.24) is 9.88 Å². The lowest BCUT2D eigenvalue weighted by Crippen LogP contribution is -2.34. The fraction of sp³-hybridized carbons (Fsp3) is 0.500. The summed E-state index contributed by atoms with van der Waals surface area (Å²) in [6, 6.07) is 0. The second-order valence-corrected chi connectivity index (χ2v) is 4.30. The van der Waals surface area contributed by atoms with Crippen molar-refractivity contribution in [3.63, 3.8) is 0 Å². The van der Waals surface area contributed by atoms with E-state index in [0.717, 1.165) is 11.4 Å². The largest absolute Gasteiger partial charge is 0.480 e. The topological polar surface area (TPSA) is 70.5 Å². The minimum Gasteiger partial charge on any atom is -0.480 e. The van der Waals surface area contributed by atoms with Gasteiger partial charge in [0.25, 0.3) is 5.91 Å². The first-order chi connectivity index (χ1) is 7.58. The van der Waals surface area contributed by atoms with Gasteiger partial charge in [-0.3, -0.25) is 9.59 Å². The minimum atomic E-state index is -1.00. The van der Waals surface area contributed by atoms with Crippen LogP contribution in [0, 0.1) is 0 Å². The third kappa shape index (κ3) is 3.03. The molecule has 16 heavy (non-hydrogen) atoms. The summed E-state index contributed by atoms with van der Waals surface area (Å²) in [4.78, 5) is 28.3. The summed E-state index contributed by atoms with van der Waals surface area (Å²) in [5.74, 6) is -1.27. The Morgan fingerprint density at radius 2 is 2.19 bits per heavy atom. The van der Waals surface area contributed by atoms with Crippen LogP contribution in [0.1, 0.15) is 28.5 Å². The van der Waals surface area contributed by atoms with Crippen molar-refractivity contribution in [3.8, 4) is 0 Å². The predicted octanol–water partition coefficient (Wildman–Crippen LogP) is 1.25. The van der Waals surface area contributed by atoms with E-state index in [9.17, 15) is 9.59 Å². The molecular formula is C10H14N2O3S. The number of carbonyl (C=O) groups excluding carboxylic acids is 1. The molecule has 0 aliphatic carbocycles. The minimum absolute atomic E-state index is 0.262. The fourth-order valence-corrected chi connectivity index (χ4v) is 2.04. The zero-order valence-corrected chi connectivity index (χ0v) is 10.1. The van der Waals surface area contributed by atoms with Crippen molar-refractivity contribution in [2.45, 2.75) is 20.3 Å². The molecule has 1 N–H and O–H groups in total. The van der Waals surface area contributed by atoms with Crippen molar-refractivity contribution in [1.29, 1.82) is 0 Å². The highest BCUT2D eigenvalue weighted by molar-refractivity contribution is 7.13. The highest BCUT2D eigenvalue weighted by Gasteiger charge is 2.18. The van der Waals surface area contributed by atoms with Gasteiger partial charge in [0.05, 0.1) is 11.2 Å². The van der Waals surface area contributed by atoms with Crippen molar-refractivity contribution < 1.29 is 14.7 Å². The number of thiazole rings is 1. The van der Waals surface area contributed by atoms with E-state index in [4.69, 9.17) is 5.11 Å². The van der Waals surface area contributed by atoms with Crippen LogP contribution >= 0.6 is 11.3 Å². The van der Waals surface area contributed by atoms with E-state index in [2.05, 4.69) is 4.98 Å². The normalized spacial score (nSPS) is 10.1. The van der Waals surface area contributed by atoms with Crippen molar-refractivity contribution in [2.24, 2.45) is 0 Å². The maximum atomic E-state index is 11.9. The number of rotatable bonds is 5. The molecule has 0 aliphatic rings. The number of hydrogen-bond acceptors (Lipinski definition) is 4. The Hall–Kier alpha value is -1.43. The maximum Gasteiger partial charge on any atom is 0.323 e.